The Hall–Kier alpha value is -1.82. The predicted octanol–water partition coefficient (Wildman–Crippen LogP) is 1.62. The van der Waals surface area contributed by atoms with Crippen LogP contribution in [0.3, 0.4) is 0 Å². The Morgan fingerprint density at radius 1 is 1.55 bits per heavy atom. The van der Waals surface area contributed by atoms with Crippen molar-refractivity contribution in [2.24, 2.45) is 0 Å². The number of nitrogens with zero attached hydrogens (tertiary/aromatic N) is 1. The van der Waals surface area contributed by atoms with Crippen molar-refractivity contribution in [3.05, 3.63) is 30.1 Å². The van der Waals surface area contributed by atoms with Crippen LogP contribution in [0.2, 0.25) is 0 Å². The fourth-order valence-electron chi connectivity index (χ4n) is 1.59. The maximum Gasteiger partial charge on any atom is 0.317 e. The summed E-state index contributed by atoms with van der Waals surface area (Å²) in [7, 11) is 1.60. The Balaban J connectivity index is 2.45. The standard InChI is InChI=1S/C14H21FN2O3/c1-3-12(10-16-14(19)17(2)7-8-18)20-13-6-4-5-11(15)9-13/h4-6,9,12,18H,3,7-8,10H2,1-2H3,(H,16,19). The van der Waals surface area contributed by atoms with Crippen molar-refractivity contribution in [2.75, 3.05) is 26.7 Å². The zero-order valence-electron chi connectivity index (χ0n) is 11.8. The van der Waals surface area contributed by atoms with Gasteiger partial charge in [-0.25, -0.2) is 9.18 Å². The van der Waals surface area contributed by atoms with Crippen LogP contribution in [0.25, 0.3) is 0 Å². The number of hydrogen-bond donors (Lipinski definition) is 2. The quantitative estimate of drug-likeness (QED) is 0.800. The van der Waals surface area contributed by atoms with Crippen LogP contribution < -0.4 is 10.1 Å². The van der Waals surface area contributed by atoms with Crippen LogP contribution in [-0.4, -0.2) is 48.9 Å². The van der Waals surface area contributed by atoms with Gasteiger partial charge in [-0.05, 0) is 18.6 Å². The normalized spacial score (nSPS) is 11.8. The summed E-state index contributed by atoms with van der Waals surface area (Å²) in [5, 5.41) is 11.5. The zero-order chi connectivity index (χ0) is 15.0. The summed E-state index contributed by atoms with van der Waals surface area (Å²) in [6, 6.07) is 5.62. The lowest BCUT2D eigenvalue weighted by Gasteiger charge is -2.21. The number of halogens is 1. The summed E-state index contributed by atoms with van der Waals surface area (Å²) in [4.78, 5) is 13.0. The van der Waals surface area contributed by atoms with Crippen LogP contribution in [-0.2, 0) is 0 Å². The number of ether oxygens (including phenoxy) is 1. The number of amides is 2. The van der Waals surface area contributed by atoms with E-state index in [4.69, 9.17) is 9.84 Å². The van der Waals surface area contributed by atoms with Gasteiger partial charge >= 0.3 is 6.03 Å². The van der Waals surface area contributed by atoms with Crippen molar-refractivity contribution in [1.82, 2.24) is 10.2 Å². The molecule has 0 aromatic heterocycles. The highest BCUT2D eigenvalue weighted by Gasteiger charge is 2.12. The molecule has 0 aliphatic rings. The van der Waals surface area contributed by atoms with E-state index in [0.29, 0.717) is 18.7 Å². The van der Waals surface area contributed by atoms with E-state index < -0.39 is 0 Å². The molecule has 5 nitrogen and oxygen atoms in total. The Kier molecular flexibility index (Phi) is 6.79. The zero-order valence-corrected chi connectivity index (χ0v) is 11.8. The molecule has 2 amide bonds. The Labute approximate surface area is 118 Å². The highest BCUT2D eigenvalue weighted by Crippen LogP contribution is 2.14. The van der Waals surface area contributed by atoms with Gasteiger partial charge in [0, 0.05) is 19.7 Å². The molecule has 0 aliphatic heterocycles. The summed E-state index contributed by atoms with van der Waals surface area (Å²) < 4.78 is 18.7. The van der Waals surface area contributed by atoms with Gasteiger partial charge < -0.3 is 20.1 Å². The number of aliphatic hydroxyl groups excluding tert-OH is 1. The van der Waals surface area contributed by atoms with Crippen molar-refractivity contribution < 1.29 is 19.0 Å². The third kappa shape index (κ3) is 5.44. The number of urea groups is 1. The number of carbonyl (C=O) groups excluding carboxylic acids is 1. The summed E-state index contributed by atoms with van der Waals surface area (Å²) in [5.41, 5.74) is 0. The second kappa shape index (κ2) is 8.37. The third-order valence-electron chi connectivity index (χ3n) is 2.82. The van der Waals surface area contributed by atoms with E-state index in [2.05, 4.69) is 5.32 Å². The first-order valence-electron chi connectivity index (χ1n) is 6.58. The Morgan fingerprint density at radius 3 is 2.90 bits per heavy atom. The van der Waals surface area contributed by atoms with E-state index in [9.17, 15) is 9.18 Å². The van der Waals surface area contributed by atoms with Gasteiger partial charge in [0.05, 0.1) is 13.2 Å². The Morgan fingerprint density at radius 2 is 2.30 bits per heavy atom. The number of hydrogen-bond acceptors (Lipinski definition) is 3. The molecule has 112 valence electrons. The van der Waals surface area contributed by atoms with Crippen molar-refractivity contribution in [3.8, 4) is 5.75 Å². The van der Waals surface area contributed by atoms with Crippen LogP contribution in [0.4, 0.5) is 9.18 Å². The van der Waals surface area contributed by atoms with Crippen LogP contribution in [0.15, 0.2) is 24.3 Å². The minimum atomic E-state index is -0.357. The molecule has 1 aromatic rings. The van der Waals surface area contributed by atoms with Gasteiger partial charge in [0.2, 0.25) is 0 Å². The lowest BCUT2D eigenvalue weighted by atomic mass is 10.2. The first kappa shape index (κ1) is 16.2. The molecule has 20 heavy (non-hydrogen) atoms. The van der Waals surface area contributed by atoms with Gasteiger partial charge in [0.25, 0.3) is 0 Å². The summed E-state index contributed by atoms with van der Waals surface area (Å²) in [5.74, 6) is 0.0823. The number of benzene rings is 1. The van der Waals surface area contributed by atoms with Crippen LogP contribution in [0.1, 0.15) is 13.3 Å². The maximum atomic E-state index is 13.0. The summed E-state index contributed by atoms with van der Waals surface area (Å²) in [6.45, 7) is 2.43. The minimum absolute atomic E-state index is 0.0824. The summed E-state index contributed by atoms with van der Waals surface area (Å²) in [6.07, 6.45) is 0.448. The molecule has 6 heteroatoms. The van der Waals surface area contributed by atoms with E-state index >= 15 is 0 Å². The third-order valence-corrected chi connectivity index (χ3v) is 2.82. The molecule has 0 radical (unpaired) electrons. The van der Waals surface area contributed by atoms with Crippen molar-refractivity contribution in [3.63, 3.8) is 0 Å². The van der Waals surface area contributed by atoms with Crippen LogP contribution >= 0.6 is 0 Å². The first-order chi connectivity index (χ1) is 9.56. The molecule has 1 aromatic carbocycles. The van der Waals surface area contributed by atoms with E-state index in [0.717, 1.165) is 0 Å². The van der Waals surface area contributed by atoms with Gasteiger partial charge in [-0.3, -0.25) is 0 Å². The lowest BCUT2D eigenvalue weighted by molar-refractivity contribution is 0.170. The van der Waals surface area contributed by atoms with Gasteiger partial charge in [0.1, 0.15) is 17.7 Å². The van der Waals surface area contributed by atoms with E-state index in [1.807, 2.05) is 6.92 Å². The maximum absolute atomic E-state index is 13.0. The molecule has 0 bridgehead atoms. The monoisotopic (exact) mass is 284 g/mol. The van der Waals surface area contributed by atoms with E-state index in [-0.39, 0.29) is 31.1 Å². The molecular weight excluding hydrogens is 263 g/mol. The van der Waals surface area contributed by atoms with Gasteiger partial charge in [-0.1, -0.05) is 13.0 Å². The topological polar surface area (TPSA) is 61.8 Å². The average molecular weight is 284 g/mol. The van der Waals surface area contributed by atoms with Crippen LogP contribution in [0.5, 0.6) is 5.75 Å². The highest BCUT2D eigenvalue weighted by molar-refractivity contribution is 5.73. The number of nitrogens with one attached hydrogen (secondary N) is 1. The fraction of sp³-hybridized carbons (Fsp3) is 0.500. The van der Waals surface area contributed by atoms with Gasteiger partial charge in [-0.2, -0.15) is 0 Å². The van der Waals surface area contributed by atoms with E-state index in [1.165, 1.54) is 17.0 Å². The fourth-order valence-corrected chi connectivity index (χ4v) is 1.59. The molecule has 1 rings (SSSR count). The Bertz CT molecular complexity index is 429. The van der Waals surface area contributed by atoms with Crippen molar-refractivity contribution >= 4 is 6.03 Å². The highest BCUT2D eigenvalue weighted by atomic mass is 19.1. The number of aliphatic hydroxyl groups is 1. The first-order valence-corrected chi connectivity index (χ1v) is 6.58. The minimum Gasteiger partial charge on any atom is -0.489 e. The van der Waals surface area contributed by atoms with Crippen LogP contribution in [0, 0.1) is 5.82 Å². The lowest BCUT2D eigenvalue weighted by Crippen LogP contribution is -2.43. The largest absolute Gasteiger partial charge is 0.489 e. The second-order valence-corrected chi connectivity index (χ2v) is 4.44. The van der Waals surface area contributed by atoms with Crippen molar-refractivity contribution in [2.45, 2.75) is 19.4 Å². The second-order valence-electron chi connectivity index (χ2n) is 4.44. The molecule has 0 aliphatic carbocycles. The molecular formula is C14H21FN2O3. The smallest absolute Gasteiger partial charge is 0.317 e. The molecule has 0 spiro atoms. The molecule has 1 unspecified atom stereocenters. The number of rotatable bonds is 7. The molecule has 0 fully saturated rings. The van der Waals surface area contributed by atoms with Gasteiger partial charge in [-0.15, -0.1) is 0 Å². The predicted molar refractivity (Wildman–Crippen MR) is 74.2 cm³/mol. The van der Waals surface area contributed by atoms with Crippen molar-refractivity contribution in [1.29, 1.82) is 0 Å². The molecule has 1 atom stereocenters. The van der Waals surface area contributed by atoms with Gasteiger partial charge in [0.15, 0.2) is 0 Å². The number of likely N-dealkylation sites (N-methyl/N-ethyl adjacent to an activating group) is 1. The molecule has 2 N–H and O–H groups in total. The molecule has 0 saturated heterocycles. The number of carbonyl (C=O) groups is 1. The SMILES string of the molecule is CCC(CNC(=O)N(C)CCO)Oc1cccc(F)c1. The van der Waals surface area contributed by atoms with E-state index in [1.54, 1.807) is 19.2 Å². The molecule has 0 heterocycles. The summed E-state index contributed by atoms with van der Waals surface area (Å²) >= 11 is 0. The molecule has 0 saturated carbocycles. The average Bonchev–Trinajstić information content (AvgIpc) is 2.43.